The quantitative estimate of drug-likeness (QED) is 0.570. The van der Waals surface area contributed by atoms with Gasteiger partial charge in [-0.25, -0.2) is 4.79 Å². The Bertz CT molecular complexity index is 636. The Morgan fingerprint density at radius 1 is 1.13 bits per heavy atom. The van der Waals surface area contributed by atoms with Gasteiger partial charge < -0.3 is 9.53 Å². The van der Waals surface area contributed by atoms with Crippen LogP contribution in [0.25, 0.3) is 0 Å². The molecule has 0 aliphatic rings. The minimum Gasteiger partial charge on any atom is -0.457 e. The first-order valence-corrected chi connectivity index (χ1v) is 7.93. The van der Waals surface area contributed by atoms with Crippen molar-refractivity contribution in [2.45, 2.75) is 39.7 Å². The summed E-state index contributed by atoms with van der Waals surface area (Å²) in [5, 5.41) is 0. The summed E-state index contributed by atoms with van der Waals surface area (Å²) in [5.74, 6) is -0.752. The number of aldehydes is 1. The highest BCUT2D eigenvalue weighted by atomic mass is 16.5. The predicted molar refractivity (Wildman–Crippen MR) is 92.4 cm³/mol. The number of benzene rings is 2. The Balaban J connectivity index is 0.00000139. The van der Waals surface area contributed by atoms with Crippen molar-refractivity contribution in [3.63, 3.8) is 0 Å². The molecule has 0 aliphatic carbocycles. The molecule has 0 aromatic heterocycles. The highest BCUT2D eigenvalue weighted by Gasteiger charge is 2.09. The van der Waals surface area contributed by atoms with E-state index in [9.17, 15) is 9.59 Å². The average molecular weight is 314 g/mol. The molecule has 1 atom stereocenters. The van der Waals surface area contributed by atoms with Crippen molar-refractivity contribution in [1.82, 2.24) is 0 Å². The van der Waals surface area contributed by atoms with Gasteiger partial charge in [-0.1, -0.05) is 63.2 Å². The zero-order valence-corrected chi connectivity index (χ0v) is 13.9. The van der Waals surface area contributed by atoms with Gasteiger partial charge in [0.1, 0.15) is 14.2 Å². The van der Waals surface area contributed by atoms with Crippen LogP contribution in [0.5, 0.6) is 0 Å². The van der Waals surface area contributed by atoms with E-state index in [0.29, 0.717) is 12.0 Å². The first kappa shape index (κ1) is 16.9. The maximum atomic E-state index is 11.8. The molecular weight excluding hydrogens is 288 g/mol. The molecule has 3 nitrogen and oxygen atoms in total. The van der Waals surface area contributed by atoms with Gasteiger partial charge in [-0.3, -0.25) is 0 Å². The fourth-order valence-corrected chi connectivity index (χ4v) is 2.04. The molecule has 0 heterocycles. The van der Waals surface area contributed by atoms with Crippen LogP contribution in [0.15, 0.2) is 54.6 Å². The second-order valence-electron chi connectivity index (χ2n) is 4.76. The van der Waals surface area contributed by atoms with Crippen LogP contribution in [0, 0.1) is 0 Å². The smallest absolute Gasteiger partial charge is 0.338 e. The van der Waals surface area contributed by atoms with E-state index in [-0.39, 0.29) is 18.5 Å². The molecule has 0 spiro atoms. The fraction of sp³-hybridized carbons (Fsp3) is 0.300. The number of hydrogen-bond donors (Lipinski definition) is 0. The van der Waals surface area contributed by atoms with Crippen LogP contribution in [0.2, 0.25) is 0 Å². The van der Waals surface area contributed by atoms with Crippen LogP contribution in [-0.2, 0) is 16.1 Å². The fourth-order valence-electron chi connectivity index (χ4n) is 2.04. The minimum absolute atomic E-state index is 0.180. The van der Waals surface area contributed by atoms with E-state index < -0.39 is 6.26 Å². The lowest BCUT2D eigenvalue weighted by atomic mass is 9.97. The Morgan fingerprint density at radius 2 is 1.74 bits per heavy atom. The summed E-state index contributed by atoms with van der Waals surface area (Å²) < 4.78 is 12.5. The lowest BCUT2D eigenvalue weighted by Gasteiger charge is -2.09. The van der Waals surface area contributed by atoms with Gasteiger partial charge in [0.25, 0.3) is 0 Å². The predicted octanol–water partition coefficient (Wildman–Crippen LogP) is 4.76. The lowest BCUT2D eigenvalue weighted by molar-refractivity contribution is -0.109. The maximum absolute atomic E-state index is 11.8. The van der Waals surface area contributed by atoms with Crippen LogP contribution in [0.1, 0.15) is 56.0 Å². The average Bonchev–Trinajstić information content (AvgIpc) is 2.63. The summed E-state index contributed by atoms with van der Waals surface area (Å²) in [5.41, 5.74) is 2.19. The Hall–Kier alpha value is -2.42. The molecule has 23 heavy (non-hydrogen) atoms. The third-order valence-electron chi connectivity index (χ3n) is 3.31. The van der Waals surface area contributed by atoms with E-state index in [0.717, 1.165) is 11.1 Å². The molecule has 0 saturated heterocycles. The number of carbonyl (C=O) groups is 2. The third kappa shape index (κ3) is 5.70. The number of rotatable bonds is 6. The van der Waals surface area contributed by atoms with Crippen LogP contribution in [-0.4, -0.2) is 12.2 Å². The molecule has 0 amide bonds. The van der Waals surface area contributed by atoms with E-state index in [2.05, 4.69) is 0 Å². The molecule has 2 aromatic rings. The Kier molecular flexibility index (Phi) is 7.61. The number of ether oxygens (including phenoxy) is 1. The summed E-state index contributed by atoms with van der Waals surface area (Å²) in [4.78, 5) is 23.1. The van der Waals surface area contributed by atoms with Gasteiger partial charge in [-0.05, 0) is 29.7 Å². The summed E-state index contributed by atoms with van der Waals surface area (Å²) >= 11 is 0. The zero-order chi connectivity index (χ0) is 17.9. The van der Waals surface area contributed by atoms with Crippen LogP contribution >= 0.6 is 0 Å². The van der Waals surface area contributed by atoms with E-state index in [1.807, 2.05) is 51.1 Å². The Morgan fingerprint density at radius 3 is 2.26 bits per heavy atom. The molecule has 2 rings (SSSR count). The summed E-state index contributed by atoms with van der Waals surface area (Å²) in [7, 11) is 0. The molecule has 0 unspecified atom stereocenters. The molecule has 0 radical (unpaired) electrons. The van der Waals surface area contributed by atoms with E-state index in [4.69, 9.17) is 6.11 Å². The van der Waals surface area contributed by atoms with Gasteiger partial charge in [-0.15, -0.1) is 0 Å². The second kappa shape index (κ2) is 10.3. The largest absolute Gasteiger partial charge is 0.457 e. The van der Waals surface area contributed by atoms with Crippen molar-refractivity contribution in [3.8, 4) is 0 Å². The van der Waals surface area contributed by atoms with E-state index >= 15 is 0 Å². The van der Waals surface area contributed by atoms with Crippen molar-refractivity contribution in [2.75, 3.05) is 0 Å². The van der Waals surface area contributed by atoms with Crippen molar-refractivity contribution >= 4 is 12.2 Å². The van der Waals surface area contributed by atoms with Gasteiger partial charge in [0.2, 0.25) is 0 Å². The molecule has 2 aromatic carbocycles. The zero-order valence-electron chi connectivity index (χ0n) is 14.9. The standard InChI is InChI=1S/C18H18O3.C2H6/c1-2-15(12-19)16-10-8-14(9-11-16)13-21-18(20)17-6-4-3-5-7-17;1-2/h3-12,15H,2,13H2,1H3;1-2H3/t15-;/m0./s1/i12T;. The minimum atomic E-state index is -0.578. The summed E-state index contributed by atoms with van der Waals surface area (Å²) in [6.07, 6.45) is 0.0239. The first-order valence-electron chi connectivity index (χ1n) is 8.43. The monoisotopic (exact) mass is 314 g/mol. The normalized spacial score (nSPS) is 11.5. The van der Waals surface area contributed by atoms with Crippen LogP contribution in [0.4, 0.5) is 0 Å². The second-order valence-corrected chi connectivity index (χ2v) is 4.76. The van der Waals surface area contributed by atoms with Gasteiger partial charge in [-0.2, -0.15) is 0 Å². The molecule has 0 fully saturated rings. The van der Waals surface area contributed by atoms with Crippen LogP contribution < -0.4 is 0 Å². The van der Waals surface area contributed by atoms with Gasteiger partial charge in [0.15, 0.2) is 0 Å². The number of esters is 1. The third-order valence-corrected chi connectivity index (χ3v) is 3.31. The molecule has 122 valence electrons. The summed E-state index contributed by atoms with van der Waals surface area (Å²) in [6, 6.07) is 16.1. The lowest BCUT2D eigenvalue weighted by Crippen LogP contribution is -2.05. The van der Waals surface area contributed by atoms with Crippen molar-refractivity contribution in [1.29, 1.82) is 0 Å². The maximum Gasteiger partial charge on any atom is 0.338 e. The van der Waals surface area contributed by atoms with Crippen molar-refractivity contribution < 1.29 is 15.7 Å². The number of hydrogen-bond acceptors (Lipinski definition) is 3. The van der Waals surface area contributed by atoms with E-state index in [1.165, 1.54) is 0 Å². The first-order chi connectivity index (χ1) is 11.6. The molecule has 0 N–H and O–H groups in total. The Labute approximate surface area is 139 Å². The molecule has 0 bridgehead atoms. The van der Waals surface area contributed by atoms with Gasteiger partial charge in [0.05, 0.1) is 5.56 Å². The highest BCUT2D eigenvalue weighted by Crippen LogP contribution is 2.18. The SMILES string of the molecule is CC.[3H]C(=O)[C@H](CC)c1ccc(COC(=O)c2ccccc2)cc1. The van der Waals surface area contributed by atoms with Crippen molar-refractivity contribution in [3.05, 3.63) is 71.3 Å². The summed E-state index contributed by atoms with van der Waals surface area (Å²) in [6.45, 7) is 6.06. The van der Waals surface area contributed by atoms with Gasteiger partial charge in [0, 0.05) is 5.92 Å². The highest BCUT2D eigenvalue weighted by molar-refractivity contribution is 5.89. The molecule has 3 heteroatoms. The molecule has 0 aliphatic heterocycles. The topological polar surface area (TPSA) is 43.4 Å². The van der Waals surface area contributed by atoms with Crippen molar-refractivity contribution in [2.24, 2.45) is 0 Å². The van der Waals surface area contributed by atoms with Gasteiger partial charge >= 0.3 is 5.97 Å². The number of carbonyl (C=O) groups excluding carboxylic acids is 2. The molecule has 0 saturated carbocycles. The van der Waals surface area contributed by atoms with Crippen LogP contribution in [0.3, 0.4) is 0 Å². The molecular formula is C20H24O3. The van der Waals surface area contributed by atoms with E-state index in [1.54, 1.807) is 24.3 Å².